The smallest absolute Gasteiger partial charge is 0.143 e. The van der Waals surface area contributed by atoms with Crippen LogP contribution in [-0.2, 0) is 0 Å². The summed E-state index contributed by atoms with van der Waals surface area (Å²) in [5, 5.41) is 10.4. The second-order valence-corrected chi connectivity index (χ2v) is 5.09. The first kappa shape index (κ1) is 13.0. The number of H-pyrrole nitrogens is 1. The lowest BCUT2D eigenvalue weighted by atomic mass is 10.1. The molecule has 18 heavy (non-hydrogen) atoms. The van der Waals surface area contributed by atoms with Crippen molar-refractivity contribution in [3.05, 3.63) is 40.1 Å². The van der Waals surface area contributed by atoms with Crippen molar-refractivity contribution in [3.63, 3.8) is 0 Å². The number of nitrogens with zero attached hydrogens (tertiary/aromatic N) is 1. The third-order valence-electron chi connectivity index (χ3n) is 2.83. The van der Waals surface area contributed by atoms with Crippen LogP contribution in [0.15, 0.2) is 28.9 Å². The zero-order chi connectivity index (χ0) is 13.1. The molecule has 5 heteroatoms. The molecule has 0 amide bonds. The standard InChI is InChI=1S/C13H16BrN3O/c1-8-6-10(14)7-12(18-3)13(8)16-9(2)11-4-5-15-17-11/h4-7,9,16H,1-3H3,(H,15,17). The number of nitrogens with one attached hydrogen (secondary N) is 2. The summed E-state index contributed by atoms with van der Waals surface area (Å²) in [6.07, 6.45) is 1.75. The third kappa shape index (κ3) is 2.67. The van der Waals surface area contributed by atoms with E-state index in [0.29, 0.717) is 0 Å². The molecule has 96 valence electrons. The van der Waals surface area contributed by atoms with Gasteiger partial charge in [0.2, 0.25) is 0 Å². The van der Waals surface area contributed by atoms with Gasteiger partial charge in [-0.25, -0.2) is 0 Å². The molecule has 1 heterocycles. The molecule has 0 spiro atoms. The minimum atomic E-state index is 0.140. The van der Waals surface area contributed by atoms with Crippen LogP contribution in [0.2, 0.25) is 0 Å². The number of rotatable bonds is 4. The van der Waals surface area contributed by atoms with Gasteiger partial charge in [0.1, 0.15) is 5.75 Å². The van der Waals surface area contributed by atoms with Gasteiger partial charge in [-0.2, -0.15) is 5.10 Å². The first-order chi connectivity index (χ1) is 8.61. The first-order valence-electron chi connectivity index (χ1n) is 5.71. The number of ether oxygens (including phenoxy) is 1. The largest absolute Gasteiger partial charge is 0.495 e. The van der Waals surface area contributed by atoms with Crippen molar-refractivity contribution < 1.29 is 4.74 Å². The summed E-state index contributed by atoms with van der Waals surface area (Å²) in [6, 6.07) is 6.11. The van der Waals surface area contributed by atoms with E-state index in [2.05, 4.69) is 51.4 Å². The highest BCUT2D eigenvalue weighted by Gasteiger charge is 2.13. The van der Waals surface area contributed by atoms with Crippen LogP contribution < -0.4 is 10.1 Å². The fourth-order valence-corrected chi connectivity index (χ4v) is 2.41. The Balaban J connectivity index is 2.28. The summed E-state index contributed by atoms with van der Waals surface area (Å²) in [5.74, 6) is 0.827. The van der Waals surface area contributed by atoms with Crippen LogP contribution in [0.5, 0.6) is 5.75 Å². The lowest BCUT2D eigenvalue weighted by Crippen LogP contribution is -2.09. The van der Waals surface area contributed by atoms with Gasteiger partial charge in [0.25, 0.3) is 0 Å². The van der Waals surface area contributed by atoms with E-state index in [1.165, 1.54) is 0 Å². The molecular formula is C13H16BrN3O. The average Bonchev–Trinajstić information content (AvgIpc) is 2.85. The van der Waals surface area contributed by atoms with Gasteiger partial charge in [0.05, 0.1) is 24.5 Å². The molecule has 4 nitrogen and oxygen atoms in total. The maximum atomic E-state index is 5.41. The van der Waals surface area contributed by atoms with Crippen molar-refractivity contribution in [2.75, 3.05) is 12.4 Å². The number of aryl methyl sites for hydroxylation is 1. The normalized spacial score (nSPS) is 12.2. The Morgan fingerprint density at radius 3 is 2.83 bits per heavy atom. The van der Waals surface area contributed by atoms with Crippen LogP contribution in [-0.4, -0.2) is 17.3 Å². The van der Waals surface area contributed by atoms with Crippen LogP contribution in [0.25, 0.3) is 0 Å². The number of halogens is 1. The molecule has 0 saturated heterocycles. The zero-order valence-corrected chi connectivity index (χ0v) is 12.2. The van der Waals surface area contributed by atoms with Crippen molar-refractivity contribution in [1.82, 2.24) is 10.2 Å². The topological polar surface area (TPSA) is 49.9 Å². The van der Waals surface area contributed by atoms with Crippen molar-refractivity contribution in [2.45, 2.75) is 19.9 Å². The molecule has 1 aromatic heterocycles. The highest BCUT2D eigenvalue weighted by atomic mass is 79.9. The Morgan fingerprint density at radius 1 is 1.44 bits per heavy atom. The van der Waals surface area contributed by atoms with Crippen molar-refractivity contribution in [2.24, 2.45) is 0 Å². The van der Waals surface area contributed by atoms with E-state index in [4.69, 9.17) is 4.74 Å². The second kappa shape index (κ2) is 5.44. The van der Waals surface area contributed by atoms with E-state index in [-0.39, 0.29) is 6.04 Å². The van der Waals surface area contributed by atoms with Crippen molar-refractivity contribution in [3.8, 4) is 5.75 Å². The fraction of sp³-hybridized carbons (Fsp3) is 0.308. The Hall–Kier alpha value is -1.49. The van der Waals surface area contributed by atoms with Gasteiger partial charge in [-0.1, -0.05) is 15.9 Å². The molecule has 0 radical (unpaired) electrons. The van der Waals surface area contributed by atoms with Crippen molar-refractivity contribution >= 4 is 21.6 Å². The quantitative estimate of drug-likeness (QED) is 0.906. The molecule has 0 aliphatic heterocycles. The van der Waals surface area contributed by atoms with Gasteiger partial charge in [-0.3, -0.25) is 5.10 Å². The number of hydrogen-bond acceptors (Lipinski definition) is 3. The highest BCUT2D eigenvalue weighted by Crippen LogP contribution is 2.34. The van der Waals surface area contributed by atoms with E-state index in [1.54, 1.807) is 13.3 Å². The molecule has 1 atom stereocenters. The first-order valence-corrected chi connectivity index (χ1v) is 6.51. The minimum Gasteiger partial charge on any atom is -0.495 e. The molecule has 2 aromatic rings. The molecule has 2 rings (SSSR count). The number of anilines is 1. The van der Waals surface area contributed by atoms with Crippen LogP contribution >= 0.6 is 15.9 Å². The summed E-state index contributed by atoms with van der Waals surface area (Å²) in [4.78, 5) is 0. The molecule has 1 unspecified atom stereocenters. The van der Waals surface area contributed by atoms with Gasteiger partial charge < -0.3 is 10.1 Å². The van der Waals surface area contributed by atoms with Gasteiger partial charge in [-0.05, 0) is 37.6 Å². The molecule has 0 bridgehead atoms. The SMILES string of the molecule is COc1cc(Br)cc(C)c1NC(C)c1ccn[nH]1. The summed E-state index contributed by atoms with van der Waals surface area (Å²) in [6.45, 7) is 4.13. The van der Waals surface area contributed by atoms with Gasteiger partial charge >= 0.3 is 0 Å². The van der Waals surface area contributed by atoms with Gasteiger partial charge in [-0.15, -0.1) is 0 Å². The molecule has 1 aromatic carbocycles. The Morgan fingerprint density at radius 2 is 2.22 bits per heavy atom. The van der Waals surface area contributed by atoms with Gasteiger partial charge in [0, 0.05) is 10.7 Å². The van der Waals surface area contributed by atoms with E-state index in [9.17, 15) is 0 Å². The lowest BCUT2D eigenvalue weighted by Gasteiger charge is -2.19. The lowest BCUT2D eigenvalue weighted by molar-refractivity contribution is 0.415. The van der Waals surface area contributed by atoms with E-state index in [0.717, 1.165) is 27.2 Å². The Labute approximate surface area is 115 Å². The Kier molecular flexibility index (Phi) is 3.91. The third-order valence-corrected chi connectivity index (χ3v) is 3.29. The van der Waals surface area contributed by atoms with Crippen LogP contribution in [0.4, 0.5) is 5.69 Å². The summed E-state index contributed by atoms with van der Waals surface area (Å²) in [7, 11) is 1.67. The number of benzene rings is 1. The maximum absolute atomic E-state index is 5.41. The van der Waals surface area contributed by atoms with Crippen LogP contribution in [0, 0.1) is 6.92 Å². The zero-order valence-electron chi connectivity index (χ0n) is 10.6. The molecule has 0 aliphatic carbocycles. The highest BCUT2D eigenvalue weighted by molar-refractivity contribution is 9.10. The number of methoxy groups -OCH3 is 1. The molecule has 0 fully saturated rings. The number of aromatic amines is 1. The van der Waals surface area contributed by atoms with E-state index in [1.807, 2.05) is 12.1 Å². The predicted molar refractivity (Wildman–Crippen MR) is 76.1 cm³/mol. The predicted octanol–water partition coefficient (Wildman–Crippen LogP) is 3.66. The van der Waals surface area contributed by atoms with Crippen LogP contribution in [0.3, 0.4) is 0 Å². The summed E-state index contributed by atoms with van der Waals surface area (Å²) < 4.78 is 6.42. The van der Waals surface area contributed by atoms with Gasteiger partial charge in [0.15, 0.2) is 0 Å². The monoisotopic (exact) mass is 309 g/mol. The van der Waals surface area contributed by atoms with E-state index >= 15 is 0 Å². The second-order valence-electron chi connectivity index (χ2n) is 4.18. The fourth-order valence-electron chi connectivity index (χ4n) is 1.86. The number of hydrogen-bond donors (Lipinski definition) is 2. The molecule has 2 N–H and O–H groups in total. The van der Waals surface area contributed by atoms with Crippen molar-refractivity contribution in [1.29, 1.82) is 0 Å². The Bertz CT molecular complexity index is 525. The molecular weight excluding hydrogens is 294 g/mol. The molecule has 0 aliphatic rings. The summed E-state index contributed by atoms with van der Waals surface area (Å²) >= 11 is 3.47. The minimum absolute atomic E-state index is 0.140. The van der Waals surface area contributed by atoms with E-state index < -0.39 is 0 Å². The summed E-state index contributed by atoms with van der Waals surface area (Å²) in [5.41, 5.74) is 3.18. The maximum Gasteiger partial charge on any atom is 0.143 e. The average molecular weight is 310 g/mol. The number of aromatic nitrogens is 2. The molecule has 0 saturated carbocycles. The van der Waals surface area contributed by atoms with Crippen LogP contribution in [0.1, 0.15) is 24.2 Å².